The third-order valence-corrected chi connectivity index (χ3v) is 5.20. The quantitative estimate of drug-likeness (QED) is 0.417. The number of allylic oxidation sites excluding steroid dienone is 5. The number of methoxy groups -OCH3 is 1. The van der Waals surface area contributed by atoms with Gasteiger partial charge in [0.1, 0.15) is 0 Å². The lowest BCUT2D eigenvalue weighted by atomic mass is 9.89. The molecule has 0 spiro atoms. The van der Waals surface area contributed by atoms with Gasteiger partial charge in [-0.3, -0.25) is 0 Å². The molecule has 27 heavy (non-hydrogen) atoms. The molecule has 1 aromatic rings. The first-order chi connectivity index (χ1) is 12.9. The maximum Gasteiger partial charge on any atom is 0.175 e. The first-order valence-corrected chi connectivity index (χ1v) is 11.0. The number of rotatable bonds is 9. The van der Waals surface area contributed by atoms with E-state index < -0.39 is 9.84 Å². The van der Waals surface area contributed by atoms with Crippen LogP contribution in [-0.4, -0.2) is 28.4 Å². The normalized spacial score (nSPS) is 13.1. The second-order valence-electron chi connectivity index (χ2n) is 5.96. The Labute approximate surface area is 165 Å². The van der Waals surface area contributed by atoms with E-state index in [1.54, 1.807) is 19.2 Å². The van der Waals surface area contributed by atoms with Crippen LogP contribution in [0.15, 0.2) is 58.5 Å². The fourth-order valence-corrected chi connectivity index (χ4v) is 3.49. The van der Waals surface area contributed by atoms with Crippen molar-refractivity contribution < 1.29 is 13.2 Å². The van der Waals surface area contributed by atoms with Gasteiger partial charge in [0.05, 0.1) is 11.5 Å². The van der Waals surface area contributed by atoms with E-state index >= 15 is 0 Å². The molecule has 0 amide bonds. The van der Waals surface area contributed by atoms with E-state index in [1.165, 1.54) is 23.0 Å². The van der Waals surface area contributed by atoms with Gasteiger partial charge in [-0.25, -0.2) is 8.42 Å². The van der Waals surface area contributed by atoms with Gasteiger partial charge in [-0.2, -0.15) is 0 Å². The van der Waals surface area contributed by atoms with E-state index in [0.717, 1.165) is 24.8 Å². The van der Waals surface area contributed by atoms with E-state index in [0.29, 0.717) is 11.5 Å². The smallest absolute Gasteiger partial charge is 0.175 e. The molecule has 0 aliphatic rings. The predicted molar refractivity (Wildman–Crippen MR) is 116 cm³/mol. The average molecular weight is 389 g/mol. The summed E-state index contributed by atoms with van der Waals surface area (Å²) < 4.78 is 28.5. The summed E-state index contributed by atoms with van der Waals surface area (Å²) in [5, 5.41) is 0. The average Bonchev–Trinajstić information content (AvgIpc) is 2.67. The van der Waals surface area contributed by atoms with Crippen molar-refractivity contribution in [3.8, 4) is 12.8 Å². The molecule has 0 atom stereocenters. The van der Waals surface area contributed by atoms with Crippen LogP contribution in [0.25, 0.3) is 5.57 Å². The summed E-state index contributed by atoms with van der Waals surface area (Å²) in [7, 11) is -1.49. The lowest BCUT2D eigenvalue weighted by Gasteiger charge is -2.16. The van der Waals surface area contributed by atoms with Gasteiger partial charge in [-0.05, 0) is 54.2 Å². The highest BCUT2D eigenvalue weighted by Gasteiger charge is 2.12. The Kier molecular flexibility index (Phi) is 12.1. The van der Waals surface area contributed by atoms with Crippen LogP contribution in [0.2, 0.25) is 0 Å². The molecule has 1 aromatic carbocycles. The van der Waals surface area contributed by atoms with Crippen LogP contribution in [-0.2, 0) is 14.6 Å². The molecular formula is C23H32O3S. The Bertz CT molecular complexity index is 777. The number of terminal acetylenes is 1. The number of sulfone groups is 1. The van der Waals surface area contributed by atoms with Gasteiger partial charge in [-0.15, -0.1) is 12.8 Å². The van der Waals surface area contributed by atoms with Crippen LogP contribution in [0.1, 0.15) is 45.6 Å². The van der Waals surface area contributed by atoms with Crippen molar-refractivity contribution in [1.82, 2.24) is 0 Å². The highest BCUT2D eigenvalue weighted by atomic mass is 32.2. The second-order valence-corrected chi connectivity index (χ2v) is 7.97. The molecular weight excluding hydrogens is 356 g/mol. The van der Waals surface area contributed by atoms with Gasteiger partial charge in [0.15, 0.2) is 9.84 Å². The van der Waals surface area contributed by atoms with Gasteiger partial charge in [-0.1, -0.05) is 50.6 Å². The molecule has 1 rings (SSSR count). The highest BCUT2D eigenvalue weighted by Crippen LogP contribution is 2.31. The maximum absolute atomic E-state index is 11.7. The topological polar surface area (TPSA) is 43.4 Å². The first-order valence-electron chi connectivity index (χ1n) is 9.06. The van der Waals surface area contributed by atoms with E-state index in [9.17, 15) is 8.42 Å². The Morgan fingerprint density at radius 1 is 1.15 bits per heavy atom. The molecule has 0 bridgehead atoms. The molecule has 0 saturated heterocycles. The van der Waals surface area contributed by atoms with Crippen LogP contribution in [0.4, 0.5) is 0 Å². The standard InChI is InChI=1S/C21H30O3S.C2H2/c1-6-10-21(18-12-14-19(15-13-18)25(5,22)23)20(8-3)17(7-2)11-9-16-24-4;1-2/h7,9,11-15H,6,8,10,16H2,1-5H3;1-2H/b11-9-,17-7+,21-20-;. The van der Waals surface area contributed by atoms with E-state index in [4.69, 9.17) is 4.74 Å². The summed E-state index contributed by atoms with van der Waals surface area (Å²) in [6.45, 7) is 6.94. The van der Waals surface area contributed by atoms with Crippen molar-refractivity contribution >= 4 is 15.4 Å². The van der Waals surface area contributed by atoms with Crippen molar-refractivity contribution in [2.24, 2.45) is 0 Å². The van der Waals surface area contributed by atoms with Crippen molar-refractivity contribution in [1.29, 1.82) is 0 Å². The largest absolute Gasteiger partial charge is 0.381 e. The molecule has 0 saturated carbocycles. The fraction of sp³-hybridized carbons (Fsp3) is 0.391. The van der Waals surface area contributed by atoms with Crippen molar-refractivity contribution in [3.05, 3.63) is 59.2 Å². The Morgan fingerprint density at radius 3 is 2.15 bits per heavy atom. The van der Waals surface area contributed by atoms with Crippen LogP contribution >= 0.6 is 0 Å². The third-order valence-electron chi connectivity index (χ3n) is 4.07. The van der Waals surface area contributed by atoms with Gasteiger partial charge in [0.25, 0.3) is 0 Å². The van der Waals surface area contributed by atoms with E-state index in [1.807, 2.05) is 25.1 Å². The Balaban J connectivity index is 0.00000326. The minimum atomic E-state index is -3.17. The Morgan fingerprint density at radius 2 is 1.74 bits per heavy atom. The minimum absolute atomic E-state index is 0.358. The lowest BCUT2D eigenvalue weighted by molar-refractivity contribution is 0.234. The van der Waals surface area contributed by atoms with E-state index in [-0.39, 0.29) is 0 Å². The van der Waals surface area contributed by atoms with Crippen molar-refractivity contribution in [2.75, 3.05) is 20.0 Å². The fourth-order valence-electron chi connectivity index (χ4n) is 2.86. The van der Waals surface area contributed by atoms with E-state index in [2.05, 4.69) is 38.8 Å². The molecule has 0 radical (unpaired) electrons. The van der Waals surface area contributed by atoms with Crippen molar-refractivity contribution in [3.63, 3.8) is 0 Å². The predicted octanol–water partition coefficient (Wildman–Crippen LogP) is 5.45. The summed E-state index contributed by atoms with van der Waals surface area (Å²) in [5.41, 5.74) is 4.85. The molecule has 0 aliphatic carbocycles. The number of ether oxygens (including phenoxy) is 1. The van der Waals surface area contributed by atoms with Gasteiger partial charge in [0.2, 0.25) is 0 Å². The molecule has 0 aliphatic heterocycles. The zero-order valence-corrected chi connectivity index (χ0v) is 18.0. The molecule has 0 heterocycles. The van der Waals surface area contributed by atoms with Crippen molar-refractivity contribution in [2.45, 2.75) is 44.9 Å². The molecule has 0 aromatic heterocycles. The first kappa shape index (κ1) is 24.9. The summed E-state index contributed by atoms with van der Waals surface area (Å²) >= 11 is 0. The molecule has 0 unspecified atom stereocenters. The number of benzene rings is 1. The van der Waals surface area contributed by atoms with Gasteiger partial charge >= 0.3 is 0 Å². The summed E-state index contributed by atoms with van der Waals surface area (Å²) in [6, 6.07) is 7.24. The maximum atomic E-state index is 11.7. The molecule has 0 N–H and O–H groups in total. The summed E-state index contributed by atoms with van der Waals surface area (Å²) in [6.07, 6.45) is 18.4. The van der Waals surface area contributed by atoms with Crippen LogP contribution in [0, 0.1) is 12.8 Å². The SMILES string of the molecule is C#C.C/C=C(\C=C/COC)C(/CC)=C(/CCC)c1ccc(S(C)(=O)=O)cc1. The van der Waals surface area contributed by atoms with Gasteiger partial charge in [0, 0.05) is 13.4 Å². The molecule has 148 valence electrons. The third kappa shape index (κ3) is 7.99. The van der Waals surface area contributed by atoms with Gasteiger partial charge < -0.3 is 4.74 Å². The zero-order chi connectivity index (χ0) is 20.9. The lowest BCUT2D eigenvalue weighted by Crippen LogP contribution is -1.99. The van der Waals surface area contributed by atoms with Crippen LogP contribution < -0.4 is 0 Å². The zero-order valence-electron chi connectivity index (χ0n) is 17.2. The summed E-state index contributed by atoms with van der Waals surface area (Å²) in [4.78, 5) is 0.358. The highest BCUT2D eigenvalue weighted by molar-refractivity contribution is 7.90. The second kappa shape index (κ2) is 13.1. The van der Waals surface area contributed by atoms with Crippen LogP contribution in [0.5, 0.6) is 0 Å². The number of hydrogen-bond donors (Lipinski definition) is 0. The molecule has 3 nitrogen and oxygen atoms in total. The monoisotopic (exact) mass is 388 g/mol. The summed E-state index contributed by atoms with van der Waals surface area (Å²) in [5.74, 6) is 0. The number of hydrogen-bond acceptors (Lipinski definition) is 3. The Hall–Kier alpha value is -2.09. The van der Waals surface area contributed by atoms with Crippen LogP contribution in [0.3, 0.4) is 0 Å². The molecule has 0 fully saturated rings. The minimum Gasteiger partial charge on any atom is -0.381 e. The molecule has 4 heteroatoms.